The first-order valence-corrected chi connectivity index (χ1v) is 33.8. The third-order valence-corrected chi connectivity index (χ3v) is 11.8. The van der Waals surface area contributed by atoms with Gasteiger partial charge in [-0.25, -0.2) is 0 Å². The van der Waals surface area contributed by atoms with E-state index in [1.54, 1.807) is 19.1 Å². The fraction of sp³-hybridized carbons (Fsp3) is 0.838. The van der Waals surface area contributed by atoms with Crippen LogP contribution in [0.3, 0.4) is 0 Å². The number of hydrogen-bond acceptors (Lipinski definition) is 3. The summed E-state index contributed by atoms with van der Waals surface area (Å²) >= 11 is 0. The van der Waals surface area contributed by atoms with E-state index in [0.29, 0.717) is 49.1 Å². The molecule has 0 saturated heterocycles. The number of aromatic hydroxyl groups is 1. The van der Waals surface area contributed by atoms with Gasteiger partial charge in [0.2, 0.25) is 5.91 Å². The van der Waals surface area contributed by atoms with E-state index < -0.39 is 0 Å². The Morgan fingerprint density at radius 3 is 0.940 bits per heavy atom. The summed E-state index contributed by atoms with van der Waals surface area (Å²) in [5.41, 5.74) is 6.58. The summed E-state index contributed by atoms with van der Waals surface area (Å²) in [5, 5.41) is 20.3. The van der Waals surface area contributed by atoms with Crippen molar-refractivity contribution in [3.8, 4) is 5.75 Å². The Kier molecular flexibility index (Phi) is 58.9. The Balaban J connectivity index is -0.000000129. The monoisotopic (exact) mass is 1190 g/mol. The molecule has 2 rings (SSSR count). The molecule has 506 valence electrons. The van der Waals surface area contributed by atoms with Crippen molar-refractivity contribution in [3.05, 3.63) is 65.7 Å². The SMILES string of the molecule is CC(=O)NCCCCC(C)(C)C.CC(C)(C)C.CC(C)(C)CO.CC(C)(C)Cc1ccc(O)cc1.CC(C)(C)Cc1ccccc1.CC(C)C(C)(C)C.CC(C)CC(C)(C)C.CC(C)CCC(C)C.CCCC(C)(C)C.CCCCC(C)(C)C. The number of carbonyl (C=O) groups is 1. The highest BCUT2D eigenvalue weighted by Gasteiger charge is 2.15. The fourth-order valence-corrected chi connectivity index (χ4v) is 6.83. The molecule has 0 aliphatic heterocycles. The predicted molar refractivity (Wildman–Crippen MR) is 390 cm³/mol. The average Bonchev–Trinajstić information content (AvgIpc) is 3.23. The fourth-order valence-electron chi connectivity index (χ4n) is 6.83. The van der Waals surface area contributed by atoms with E-state index in [1.807, 2.05) is 32.9 Å². The third kappa shape index (κ3) is 126. The Bertz CT molecular complexity index is 1650. The molecule has 84 heavy (non-hydrogen) atoms. The van der Waals surface area contributed by atoms with Gasteiger partial charge in [0.25, 0.3) is 0 Å². The molecule has 2 aromatic rings. The zero-order valence-electron chi connectivity index (χ0n) is 65.4. The molecular formula is C80H163NO3. The number of unbranched alkanes of at least 4 members (excludes halogenated alkanes) is 2. The van der Waals surface area contributed by atoms with Crippen LogP contribution in [0.4, 0.5) is 0 Å². The van der Waals surface area contributed by atoms with Gasteiger partial charge in [-0.05, 0) is 141 Å². The van der Waals surface area contributed by atoms with Gasteiger partial charge in [-0.1, -0.05) is 344 Å². The largest absolute Gasteiger partial charge is 0.508 e. The summed E-state index contributed by atoms with van der Waals surface area (Å²) in [5.74, 6) is 3.83. The first-order chi connectivity index (χ1) is 37.1. The summed E-state index contributed by atoms with van der Waals surface area (Å²) in [4.78, 5) is 10.5. The first-order valence-electron chi connectivity index (χ1n) is 33.8. The Morgan fingerprint density at radius 2 is 0.750 bits per heavy atom. The smallest absolute Gasteiger partial charge is 0.216 e. The zero-order chi connectivity index (χ0) is 68.8. The molecule has 2 aromatic carbocycles. The lowest BCUT2D eigenvalue weighted by molar-refractivity contribution is -0.118. The minimum Gasteiger partial charge on any atom is -0.508 e. The lowest BCUT2D eigenvalue weighted by atomic mass is 9.84. The van der Waals surface area contributed by atoms with Crippen LogP contribution < -0.4 is 5.32 Å². The lowest BCUT2D eigenvalue weighted by Crippen LogP contribution is -2.21. The molecule has 0 aromatic heterocycles. The maximum absolute atomic E-state index is 10.5. The molecule has 0 atom stereocenters. The van der Waals surface area contributed by atoms with Gasteiger partial charge in [-0.2, -0.15) is 0 Å². The van der Waals surface area contributed by atoms with E-state index in [9.17, 15) is 4.79 Å². The van der Waals surface area contributed by atoms with Crippen LogP contribution in [0.5, 0.6) is 5.75 Å². The normalized spacial score (nSPS) is 11.9. The van der Waals surface area contributed by atoms with Gasteiger partial charge in [0.05, 0.1) is 0 Å². The topological polar surface area (TPSA) is 69.6 Å². The molecule has 3 N–H and O–H groups in total. The van der Waals surface area contributed by atoms with E-state index in [4.69, 9.17) is 10.2 Å². The van der Waals surface area contributed by atoms with Crippen LogP contribution >= 0.6 is 0 Å². The van der Waals surface area contributed by atoms with Crippen LogP contribution in [0.2, 0.25) is 0 Å². The van der Waals surface area contributed by atoms with Crippen molar-refractivity contribution >= 4 is 5.91 Å². The highest BCUT2D eigenvalue weighted by Crippen LogP contribution is 2.26. The number of benzene rings is 2. The second kappa shape index (κ2) is 50.5. The number of rotatable bonds is 13. The van der Waals surface area contributed by atoms with Gasteiger partial charge >= 0.3 is 0 Å². The maximum Gasteiger partial charge on any atom is 0.216 e. The number of aliphatic hydroxyl groups excluding tert-OH is 1. The summed E-state index contributed by atoms with van der Waals surface area (Å²) in [6, 6.07) is 18.0. The summed E-state index contributed by atoms with van der Waals surface area (Å²) < 4.78 is 0. The van der Waals surface area contributed by atoms with Gasteiger partial charge < -0.3 is 15.5 Å². The number of phenolic OH excluding ortho intramolecular Hbond substituents is 1. The minimum atomic E-state index is 0.0748. The van der Waals surface area contributed by atoms with Crippen molar-refractivity contribution < 1.29 is 15.0 Å². The molecule has 4 heteroatoms. The van der Waals surface area contributed by atoms with Gasteiger partial charge in [0, 0.05) is 20.1 Å². The molecule has 0 unspecified atom stereocenters. The average molecular weight is 1190 g/mol. The molecule has 1 amide bonds. The van der Waals surface area contributed by atoms with Gasteiger partial charge in [-0.15, -0.1) is 0 Å². The van der Waals surface area contributed by atoms with Crippen LogP contribution in [0, 0.1) is 72.4 Å². The number of hydrogen-bond donors (Lipinski definition) is 3. The number of phenols is 1. The van der Waals surface area contributed by atoms with Crippen molar-refractivity contribution in [2.75, 3.05) is 13.2 Å². The summed E-state index contributed by atoms with van der Waals surface area (Å²) in [6.07, 6.45) is 16.6. The maximum atomic E-state index is 10.5. The van der Waals surface area contributed by atoms with Gasteiger partial charge in [-0.3, -0.25) is 4.79 Å². The van der Waals surface area contributed by atoms with Crippen molar-refractivity contribution in [1.82, 2.24) is 5.32 Å². The molecule has 0 aliphatic carbocycles. The second-order valence-corrected chi connectivity index (χ2v) is 36.9. The standard InChI is InChI=1S/C11H16O.C11H16.C10H21NO.3C8H18.2C7H16.C5H12O.C5H12/c1-11(2,3)8-9-4-6-10(12)7-5-9;1-11(2,3)9-10-7-5-4-6-8-10;1-9(12)11-8-6-5-7-10(2,3)4;1-7(2)6-8(3,4)5;1-7(2)5-6-8(3)4;1-5-6-7-8(2,3)4;1-6(2)7(3,4)5;1-5-6-7(2,3)4;1-5(2,3)4-6;1-5(2,3)4/h4-7,12H,8H2,1-3H3;4-8H,9H2,1-3H3;5-8H2,1-4H3,(H,11,12);7H,6H2,1-5H3;7-8H,5-6H2,1-4H3;5-7H2,1-4H3;6H,1-5H3;5-6H2,1-4H3;6H,4H2,1-3H3;1-4H3. The molecule has 0 fully saturated rings. The van der Waals surface area contributed by atoms with Crippen LogP contribution in [-0.2, 0) is 17.6 Å². The predicted octanol–water partition coefficient (Wildman–Crippen LogP) is 26.6. The Labute approximate surface area is 534 Å². The minimum absolute atomic E-state index is 0.0748. The lowest BCUT2D eigenvalue weighted by Gasteiger charge is -2.22. The highest BCUT2D eigenvalue weighted by atomic mass is 16.3. The molecular weight excluding hydrogens is 1020 g/mol. The van der Waals surface area contributed by atoms with Crippen molar-refractivity contribution in [2.45, 2.75) is 353 Å². The van der Waals surface area contributed by atoms with E-state index in [2.05, 4.69) is 278 Å². The number of nitrogens with one attached hydrogen (secondary N) is 1. The van der Waals surface area contributed by atoms with E-state index >= 15 is 0 Å². The van der Waals surface area contributed by atoms with E-state index in [1.165, 1.54) is 75.3 Å². The van der Waals surface area contributed by atoms with Crippen LogP contribution in [0.25, 0.3) is 0 Å². The van der Waals surface area contributed by atoms with Gasteiger partial charge in [0.15, 0.2) is 0 Å². The molecule has 4 nitrogen and oxygen atoms in total. The van der Waals surface area contributed by atoms with Gasteiger partial charge in [0.1, 0.15) is 5.75 Å². The van der Waals surface area contributed by atoms with Crippen molar-refractivity contribution in [2.24, 2.45) is 72.4 Å². The summed E-state index contributed by atoms with van der Waals surface area (Å²) in [7, 11) is 0. The second-order valence-electron chi connectivity index (χ2n) is 36.9. The van der Waals surface area contributed by atoms with Crippen molar-refractivity contribution in [3.63, 3.8) is 0 Å². The zero-order valence-corrected chi connectivity index (χ0v) is 65.4. The quantitative estimate of drug-likeness (QED) is 0.175. The van der Waals surface area contributed by atoms with E-state index in [-0.39, 0.29) is 17.9 Å². The first kappa shape index (κ1) is 97.9. The van der Waals surface area contributed by atoms with Crippen LogP contribution in [-0.4, -0.2) is 29.3 Å². The molecule has 0 aliphatic rings. The number of carbonyl (C=O) groups excluding carboxylic acids is 1. The number of aliphatic hydroxyl groups is 1. The van der Waals surface area contributed by atoms with Crippen LogP contribution in [0.15, 0.2) is 54.6 Å². The Hall–Kier alpha value is -2.33. The Morgan fingerprint density at radius 1 is 0.429 bits per heavy atom. The molecule has 0 spiro atoms. The van der Waals surface area contributed by atoms with Crippen molar-refractivity contribution in [1.29, 1.82) is 0 Å². The molecule has 0 bridgehead atoms. The molecule has 0 radical (unpaired) electrons. The van der Waals surface area contributed by atoms with Crippen LogP contribution in [0.1, 0.15) is 352 Å². The number of amides is 1. The molecule has 0 heterocycles. The highest BCUT2D eigenvalue weighted by molar-refractivity contribution is 5.72. The molecule has 0 saturated carbocycles. The third-order valence-electron chi connectivity index (χ3n) is 11.8. The summed E-state index contributed by atoms with van der Waals surface area (Å²) in [6.45, 7) is 87.5. The van der Waals surface area contributed by atoms with E-state index in [0.717, 1.165) is 49.5 Å².